The fourth-order valence-corrected chi connectivity index (χ4v) is 1.58. The molecule has 1 nitrogen and oxygen atoms in total. The van der Waals surface area contributed by atoms with Crippen LogP contribution in [0.5, 0.6) is 0 Å². The van der Waals surface area contributed by atoms with E-state index in [9.17, 15) is 0 Å². The molecule has 0 spiro atoms. The summed E-state index contributed by atoms with van der Waals surface area (Å²) in [4.78, 5) is 4.28. The lowest BCUT2D eigenvalue weighted by Crippen LogP contribution is -1.82. The van der Waals surface area contributed by atoms with Gasteiger partial charge >= 0.3 is 0 Å². The third-order valence-electron chi connectivity index (χ3n) is 1.78. The van der Waals surface area contributed by atoms with Crippen molar-refractivity contribution in [1.82, 2.24) is 4.98 Å². The van der Waals surface area contributed by atoms with Crippen molar-refractivity contribution in [2.75, 3.05) is 0 Å². The highest BCUT2D eigenvalue weighted by Gasteiger charge is 1.90. The van der Waals surface area contributed by atoms with Crippen LogP contribution in [0.4, 0.5) is 0 Å². The maximum absolute atomic E-state index is 4.28. The summed E-state index contributed by atoms with van der Waals surface area (Å²) < 4.78 is 2.01. The monoisotopic (exact) mass is 310 g/mol. The van der Waals surface area contributed by atoms with Gasteiger partial charge in [0.1, 0.15) is 0 Å². The highest BCUT2D eigenvalue weighted by molar-refractivity contribution is 9.10. The van der Waals surface area contributed by atoms with Crippen LogP contribution >= 0.6 is 31.9 Å². The Hall–Kier alpha value is -0.670. The molecular formula is C11H6Br2N-. The molecular weight excluding hydrogens is 306 g/mol. The molecule has 0 N–H and O–H groups in total. The standard InChI is InChI=1S/C11H6Br2N/c12-9-3-1-8(2-4-9)11-6-5-10(13)7-14-11/h1,3-7H/q-1. The third-order valence-corrected chi connectivity index (χ3v) is 2.74. The number of nitrogens with zero attached hydrogens (tertiary/aromatic N) is 1. The van der Waals surface area contributed by atoms with E-state index in [-0.39, 0.29) is 0 Å². The Balaban J connectivity index is 2.40. The maximum Gasteiger partial charge on any atom is 0.0341 e. The largest absolute Gasteiger partial charge is 0.304 e. The summed E-state index contributed by atoms with van der Waals surface area (Å²) in [5.74, 6) is 0. The number of hydrogen-bond donors (Lipinski definition) is 0. The summed E-state index contributed by atoms with van der Waals surface area (Å²) in [6.07, 6.45) is 1.78. The molecule has 0 unspecified atom stereocenters. The molecule has 0 fully saturated rings. The van der Waals surface area contributed by atoms with Crippen LogP contribution in [0.2, 0.25) is 0 Å². The molecule has 0 saturated carbocycles. The Labute approximate surface area is 99.4 Å². The molecule has 2 rings (SSSR count). The lowest BCUT2D eigenvalue weighted by Gasteiger charge is -2.08. The summed E-state index contributed by atoms with van der Waals surface area (Å²) in [6.45, 7) is 0. The summed E-state index contributed by atoms with van der Waals surface area (Å²) in [7, 11) is 0. The van der Waals surface area contributed by atoms with Gasteiger partial charge in [-0.2, -0.15) is 0 Å². The Morgan fingerprint density at radius 2 is 1.79 bits per heavy atom. The molecule has 0 aliphatic carbocycles. The van der Waals surface area contributed by atoms with Crippen LogP contribution in [0.15, 0.2) is 45.5 Å². The minimum absolute atomic E-state index is 0.931. The van der Waals surface area contributed by atoms with Crippen LogP contribution in [0.1, 0.15) is 0 Å². The average Bonchev–Trinajstić information content (AvgIpc) is 2.21. The van der Waals surface area contributed by atoms with Gasteiger partial charge in [-0.15, -0.1) is 45.8 Å². The van der Waals surface area contributed by atoms with E-state index in [4.69, 9.17) is 0 Å². The lowest BCUT2D eigenvalue weighted by atomic mass is 10.1. The average molecular weight is 312 g/mol. The molecule has 14 heavy (non-hydrogen) atoms. The van der Waals surface area contributed by atoms with E-state index in [1.54, 1.807) is 6.20 Å². The van der Waals surface area contributed by atoms with Crippen LogP contribution in [-0.2, 0) is 0 Å². The molecule has 0 saturated heterocycles. The van der Waals surface area contributed by atoms with Crippen molar-refractivity contribution >= 4 is 31.9 Å². The maximum atomic E-state index is 4.28. The second-order valence-electron chi connectivity index (χ2n) is 2.78. The Morgan fingerprint density at radius 1 is 1.00 bits per heavy atom. The molecule has 1 aromatic carbocycles. The van der Waals surface area contributed by atoms with E-state index < -0.39 is 0 Å². The molecule has 0 aliphatic heterocycles. The number of rotatable bonds is 1. The van der Waals surface area contributed by atoms with Crippen LogP contribution in [0, 0.1) is 6.07 Å². The zero-order valence-electron chi connectivity index (χ0n) is 7.17. The fraction of sp³-hybridized carbons (Fsp3) is 0. The van der Waals surface area contributed by atoms with E-state index in [0.29, 0.717) is 0 Å². The van der Waals surface area contributed by atoms with Crippen molar-refractivity contribution in [2.45, 2.75) is 0 Å². The van der Waals surface area contributed by atoms with Gasteiger partial charge in [-0.3, -0.25) is 0 Å². The normalized spacial score (nSPS) is 10.1. The van der Waals surface area contributed by atoms with E-state index in [0.717, 1.165) is 20.2 Å². The number of hydrogen-bond acceptors (Lipinski definition) is 1. The lowest BCUT2D eigenvalue weighted by molar-refractivity contribution is 1.31. The van der Waals surface area contributed by atoms with Crippen LogP contribution < -0.4 is 0 Å². The molecule has 0 bridgehead atoms. The van der Waals surface area contributed by atoms with E-state index in [2.05, 4.69) is 42.9 Å². The first-order chi connectivity index (χ1) is 6.75. The minimum Gasteiger partial charge on any atom is -0.304 e. The van der Waals surface area contributed by atoms with Crippen molar-refractivity contribution in [3.63, 3.8) is 0 Å². The van der Waals surface area contributed by atoms with Gasteiger partial charge in [0.25, 0.3) is 0 Å². The van der Waals surface area contributed by atoms with Gasteiger partial charge in [-0.1, -0.05) is 16.6 Å². The van der Waals surface area contributed by atoms with Crippen molar-refractivity contribution in [1.29, 1.82) is 0 Å². The summed E-state index contributed by atoms with van der Waals surface area (Å²) >= 11 is 6.72. The molecule has 0 aliphatic rings. The zero-order valence-corrected chi connectivity index (χ0v) is 10.3. The quantitative estimate of drug-likeness (QED) is 0.723. The second kappa shape index (κ2) is 4.24. The summed E-state index contributed by atoms with van der Waals surface area (Å²) in [5.41, 5.74) is 1.93. The molecule has 0 radical (unpaired) electrons. The number of benzene rings is 1. The number of aromatic nitrogens is 1. The van der Waals surface area contributed by atoms with E-state index in [1.165, 1.54) is 0 Å². The fourth-order valence-electron chi connectivity index (χ4n) is 1.10. The first kappa shape index (κ1) is 9.87. The second-order valence-corrected chi connectivity index (χ2v) is 4.61. The Kier molecular flexibility index (Phi) is 2.99. The topological polar surface area (TPSA) is 12.9 Å². The number of pyridine rings is 1. The van der Waals surface area contributed by atoms with Gasteiger partial charge in [0.15, 0.2) is 0 Å². The molecule has 2 aromatic rings. The van der Waals surface area contributed by atoms with Gasteiger partial charge in [0, 0.05) is 10.7 Å². The van der Waals surface area contributed by atoms with Crippen molar-refractivity contribution in [3.05, 3.63) is 51.5 Å². The highest BCUT2D eigenvalue weighted by Crippen LogP contribution is 2.20. The third kappa shape index (κ3) is 2.22. The van der Waals surface area contributed by atoms with Crippen molar-refractivity contribution < 1.29 is 0 Å². The molecule has 1 heterocycles. The van der Waals surface area contributed by atoms with E-state index in [1.807, 2.05) is 30.3 Å². The van der Waals surface area contributed by atoms with Gasteiger partial charge in [-0.05, 0) is 21.6 Å². The van der Waals surface area contributed by atoms with E-state index >= 15 is 0 Å². The smallest absolute Gasteiger partial charge is 0.0341 e. The van der Waals surface area contributed by atoms with Crippen molar-refractivity contribution in [3.8, 4) is 11.3 Å². The first-order valence-corrected chi connectivity index (χ1v) is 5.63. The van der Waals surface area contributed by atoms with Gasteiger partial charge in [0.05, 0.1) is 0 Å². The Morgan fingerprint density at radius 3 is 2.36 bits per heavy atom. The summed E-state index contributed by atoms with van der Waals surface area (Å²) in [6, 6.07) is 12.9. The molecule has 0 atom stereocenters. The van der Waals surface area contributed by atoms with Crippen molar-refractivity contribution in [2.24, 2.45) is 0 Å². The zero-order chi connectivity index (χ0) is 9.97. The van der Waals surface area contributed by atoms with Gasteiger partial charge < -0.3 is 4.98 Å². The molecule has 70 valence electrons. The SMILES string of the molecule is Brc1c[c-]c(-c2ccc(Br)cn2)cc1. The summed E-state index contributed by atoms with van der Waals surface area (Å²) in [5, 5.41) is 0. The predicted molar refractivity (Wildman–Crippen MR) is 63.9 cm³/mol. The minimum atomic E-state index is 0.931. The highest BCUT2D eigenvalue weighted by atomic mass is 79.9. The van der Waals surface area contributed by atoms with Gasteiger partial charge in [0.2, 0.25) is 0 Å². The number of halogens is 2. The molecule has 1 aromatic heterocycles. The van der Waals surface area contributed by atoms with Gasteiger partial charge in [-0.25, -0.2) is 0 Å². The predicted octanol–water partition coefficient (Wildman–Crippen LogP) is 4.07. The van der Waals surface area contributed by atoms with Crippen LogP contribution in [0.25, 0.3) is 11.3 Å². The molecule has 0 amide bonds. The van der Waals surface area contributed by atoms with Crippen LogP contribution in [0.3, 0.4) is 0 Å². The van der Waals surface area contributed by atoms with Crippen LogP contribution in [-0.4, -0.2) is 4.98 Å². The Bertz CT molecular complexity index is 377. The first-order valence-electron chi connectivity index (χ1n) is 4.05. The molecule has 3 heteroatoms.